The molecule has 1 aromatic carbocycles. The molecule has 29 heavy (non-hydrogen) atoms. The number of aromatic nitrogens is 1. The van der Waals surface area contributed by atoms with Crippen LogP contribution >= 0.6 is 0 Å². The monoisotopic (exact) mass is 390 g/mol. The number of pyridine rings is 1. The summed E-state index contributed by atoms with van der Waals surface area (Å²) in [5.41, 5.74) is 3.51. The summed E-state index contributed by atoms with van der Waals surface area (Å²) in [6.45, 7) is 2.51. The minimum absolute atomic E-state index is 0.182. The molecule has 3 aliphatic rings. The molecule has 2 saturated heterocycles. The van der Waals surface area contributed by atoms with Crippen LogP contribution in [0, 0.1) is 0 Å². The third-order valence-electron chi connectivity index (χ3n) is 7.00. The number of fused-ring (bicyclic) bond motifs is 2. The van der Waals surface area contributed by atoms with Crippen molar-refractivity contribution >= 4 is 5.91 Å². The highest BCUT2D eigenvalue weighted by Crippen LogP contribution is 2.38. The average Bonchev–Trinajstić information content (AvgIpc) is 3.33. The van der Waals surface area contributed by atoms with Gasteiger partial charge in [-0.3, -0.25) is 14.7 Å². The molecule has 3 heterocycles. The number of carbonyl (C=O) groups is 1. The summed E-state index contributed by atoms with van der Waals surface area (Å²) in [5, 5.41) is 7.09. The number of piperidine rings is 1. The number of benzene rings is 1. The highest BCUT2D eigenvalue weighted by molar-refractivity contribution is 5.87. The van der Waals surface area contributed by atoms with Gasteiger partial charge in [0.1, 0.15) is 5.54 Å². The van der Waals surface area contributed by atoms with Gasteiger partial charge in [0.2, 0.25) is 5.91 Å². The molecule has 5 nitrogen and oxygen atoms in total. The molecule has 0 unspecified atom stereocenters. The molecule has 0 saturated carbocycles. The first-order valence-electron chi connectivity index (χ1n) is 11.0. The van der Waals surface area contributed by atoms with Gasteiger partial charge >= 0.3 is 0 Å². The van der Waals surface area contributed by atoms with Crippen molar-refractivity contribution in [2.75, 3.05) is 13.1 Å². The second kappa shape index (κ2) is 7.88. The first-order valence-corrected chi connectivity index (χ1v) is 11.0. The average molecular weight is 391 g/mol. The van der Waals surface area contributed by atoms with Crippen molar-refractivity contribution in [1.29, 1.82) is 0 Å². The molecule has 2 aliphatic heterocycles. The van der Waals surface area contributed by atoms with Gasteiger partial charge < -0.3 is 10.6 Å². The molecule has 2 aromatic rings. The van der Waals surface area contributed by atoms with Crippen LogP contribution in [0.5, 0.6) is 0 Å². The Labute approximate surface area is 172 Å². The first kappa shape index (κ1) is 18.8. The number of nitrogens with one attached hydrogen (secondary N) is 2. The molecule has 2 N–H and O–H groups in total. The molecule has 2 atom stereocenters. The lowest BCUT2D eigenvalue weighted by atomic mass is 9.84. The molecule has 5 heteroatoms. The van der Waals surface area contributed by atoms with Gasteiger partial charge in [-0.1, -0.05) is 30.3 Å². The van der Waals surface area contributed by atoms with E-state index in [4.69, 9.17) is 0 Å². The molecular weight excluding hydrogens is 360 g/mol. The lowest BCUT2D eigenvalue weighted by Gasteiger charge is -2.40. The molecule has 0 bridgehead atoms. The van der Waals surface area contributed by atoms with Gasteiger partial charge in [0.15, 0.2) is 0 Å². The minimum Gasteiger partial charge on any atom is -0.349 e. The van der Waals surface area contributed by atoms with E-state index >= 15 is 0 Å². The molecule has 1 amide bonds. The zero-order valence-corrected chi connectivity index (χ0v) is 16.9. The van der Waals surface area contributed by atoms with Crippen molar-refractivity contribution in [2.24, 2.45) is 0 Å². The number of hydrogen-bond donors (Lipinski definition) is 2. The Balaban J connectivity index is 1.25. The highest BCUT2D eigenvalue weighted by Gasteiger charge is 2.52. The smallest absolute Gasteiger partial charge is 0.240 e. The van der Waals surface area contributed by atoms with Crippen molar-refractivity contribution < 1.29 is 4.79 Å². The Morgan fingerprint density at radius 1 is 1.07 bits per heavy atom. The first-order chi connectivity index (χ1) is 14.2. The van der Waals surface area contributed by atoms with Crippen LogP contribution in [0.1, 0.15) is 42.5 Å². The lowest BCUT2D eigenvalue weighted by Crippen LogP contribution is -2.57. The highest BCUT2D eigenvalue weighted by atomic mass is 16.2. The Kier molecular flexibility index (Phi) is 5.10. The van der Waals surface area contributed by atoms with E-state index in [-0.39, 0.29) is 11.4 Å². The fourth-order valence-electron chi connectivity index (χ4n) is 5.64. The van der Waals surface area contributed by atoms with Crippen LogP contribution in [0.25, 0.3) is 0 Å². The summed E-state index contributed by atoms with van der Waals surface area (Å²) in [5.74, 6) is 0.182. The van der Waals surface area contributed by atoms with Crippen molar-refractivity contribution in [3.8, 4) is 0 Å². The topological polar surface area (TPSA) is 57.3 Å². The van der Waals surface area contributed by atoms with Crippen molar-refractivity contribution in [3.63, 3.8) is 0 Å². The van der Waals surface area contributed by atoms with E-state index in [1.54, 1.807) is 6.20 Å². The summed E-state index contributed by atoms with van der Waals surface area (Å²) >= 11 is 0. The van der Waals surface area contributed by atoms with Gasteiger partial charge in [0.05, 0.1) is 12.2 Å². The number of rotatable bonds is 5. The van der Waals surface area contributed by atoms with Crippen molar-refractivity contribution in [1.82, 2.24) is 20.5 Å². The van der Waals surface area contributed by atoms with Crippen LogP contribution < -0.4 is 10.6 Å². The maximum atomic E-state index is 13.3. The fraction of sp³-hybridized carbons (Fsp3) is 0.500. The summed E-state index contributed by atoms with van der Waals surface area (Å²) in [7, 11) is 0. The van der Waals surface area contributed by atoms with Gasteiger partial charge in [0.25, 0.3) is 0 Å². The van der Waals surface area contributed by atoms with Gasteiger partial charge in [-0.2, -0.15) is 0 Å². The quantitative estimate of drug-likeness (QED) is 0.823. The maximum Gasteiger partial charge on any atom is 0.240 e. The van der Waals surface area contributed by atoms with Gasteiger partial charge in [-0.15, -0.1) is 0 Å². The number of amides is 1. The predicted octanol–water partition coefficient (Wildman–Crippen LogP) is 2.45. The second-order valence-electron chi connectivity index (χ2n) is 8.88. The second-order valence-corrected chi connectivity index (χ2v) is 8.88. The van der Waals surface area contributed by atoms with E-state index in [1.807, 2.05) is 18.2 Å². The van der Waals surface area contributed by atoms with Crippen LogP contribution in [-0.4, -0.2) is 46.5 Å². The summed E-state index contributed by atoms with van der Waals surface area (Å²) < 4.78 is 0. The Hall–Kier alpha value is -2.24. The molecule has 0 radical (unpaired) electrons. The van der Waals surface area contributed by atoms with Crippen LogP contribution in [0.3, 0.4) is 0 Å². The molecular formula is C24H30N4O. The summed E-state index contributed by atoms with van der Waals surface area (Å²) in [4.78, 5) is 20.1. The normalized spacial score (nSPS) is 26.8. The number of nitrogens with zero attached hydrogens (tertiary/aromatic N) is 2. The van der Waals surface area contributed by atoms with Crippen LogP contribution in [0.15, 0.2) is 48.7 Å². The standard InChI is InChI=1S/C24H30N4O/c29-23(26-16-20-9-3-5-11-25-20)24-10-4-6-12-28(24)17-22(15-24)27-21-13-18-7-1-2-8-19(18)14-21/h1-3,5,7-9,11,21-22,27H,4,6,10,12-17H2,(H,26,29)/t22-,24-/m0/s1. The largest absolute Gasteiger partial charge is 0.349 e. The van der Waals surface area contributed by atoms with Crippen LogP contribution in [0.4, 0.5) is 0 Å². The maximum absolute atomic E-state index is 13.3. The summed E-state index contributed by atoms with van der Waals surface area (Å²) in [6.07, 6.45) is 8.18. The van der Waals surface area contributed by atoms with E-state index in [0.717, 1.165) is 50.9 Å². The van der Waals surface area contributed by atoms with Crippen LogP contribution in [-0.2, 0) is 24.2 Å². The number of carbonyl (C=O) groups excluding carboxylic acids is 1. The van der Waals surface area contributed by atoms with Gasteiger partial charge in [-0.25, -0.2) is 0 Å². The molecule has 1 aromatic heterocycles. The Bertz CT molecular complexity index is 845. The Morgan fingerprint density at radius 3 is 2.62 bits per heavy atom. The molecule has 1 aliphatic carbocycles. The van der Waals surface area contributed by atoms with E-state index in [0.29, 0.717) is 18.6 Å². The van der Waals surface area contributed by atoms with Crippen molar-refractivity contribution in [2.45, 2.75) is 62.7 Å². The van der Waals surface area contributed by atoms with Crippen LogP contribution in [0.2, 0.25) is 0 Å². The van der Waals surface area contributed by atoms with E-state index in [9.17, 15) is 4.79 Å². The zero-order chi connectivity index (χ0) is 19.7. The van der Waals surface area contributed by atoms with E-state index in [1.165, 1.54) is 17.5 Å². The summed E-state index contributed by atoms with van der Waals surface area (Å²) in [6, 6.07) is 15.5. The molecule has 2 fully saturated rings. The SMILES string of the molecule is O=C(NCc1ccccn1)[C@@]12CCCCN1C[C@@H](NC1Cc3ccccc3C1)C2. The molecule has 152 valence electrons. The van der Waals surface area contributed by atoms with Gasteiger partial charge in [-0.05, 0) is 68.3 Å². The molecule has 0 spiro atoms. The Morgan fingerprint density at radius 2 is 1.86 bits per heavy atom. The third-order valence-corrected chi connectivity index (χ3v) is 7.00. The number of hydrogen-bond acceptors (Lipinski definition) is 4. The van der Waals surface area contributed by atoms with E-state index in [2.05, 4.69) is 44.8 Å². The predicted molar refractivity (Wildman–Crippen MR) is 113 cm³/mol. The minimum atomic E-state index is -0.351. The molecule has 5 rings (SSSR count). The lowest BCUT2D eigenvalue weighted by molar-refractivity contribution is -0.134. The van der Waals surface area contributed by atoms with Crippen molar-refractivity contribution in [3.05, 3.63) is 65.5 Å². The van der Waals surface area contributed by atoms with Gasteiger partial charge in [0, 0.05) is 24.8 Å². The zero-order valence-electron chi connectivity index (χ0n) is 16.9. The van der Waals surface area contributed by atoms with E-state index < -0.39 is 0 Å². The fourth-order valence-corrected chi connectivity index (χ4v) is 5.64. The third kappa shape index (κ3) is 3.69.